The first-order chi connectivity index (χ1) is 20.1. The predicted octanol–water partition coefficient (Wildman–Crippen LogP) is 4.59. The normalized spacial score (nSPS) is 11.0. The molecule has 216 valence electrons. The maximum Gasteiger partial charge on any atom is 0.269 e. The van der Waals surface area contributed by atoms with Gasteiger partial charge in [-0.05, 0) is 85.9 Å². The van der Waals surface area contributed by atoms with Gasteiger partial charge >= 0.3 is 0 Å². The highest BCUT2D eigenvalue weighted by atomic mass is 16.5. The number of ether oxygens (including phenoxy) is 1. The molecule has 0 bridgehead atoms. The van der Waals surface area contributed by atoms with E-state index < -0.39 is 5.91 Å². The Kier molecular flexibility index (Phi) is 9.32. The third kappa shape index (κ3) is 6.80. The van der Waals surface area contributed by atoms with Crippen LogP contribution in [0.15, 0.2) is 60.8 Å². The lowest BCUT2D eigenvalue weighted by Gasteiger charge is -2.23. The van der Waals surface area contributed by atoms with Crippen molar-refractivity contribution in [2.75, 3.05) is 25.5 Å². The number of aromatic nitrogens is 2. The molecule has 3 amide bonds. The van der Waals surface area contributed by atoms with E-state index in [1.807, 2.05) is 51.1 Å². The quantitative estimate of drug-likeness (QED) is 0.287. The molecule has 0 aliphatic carbocycles. The van der Waals surface area contributed by atoms with Crippen molar-refractivity contribution in [3.63, 3.8) is 0 Å². The highest BCUT2D eigenvalue weighted by molar-refractivity contribution is 5.99. The maximum atomic E-state index is 13.0. The number of carbonyl (C=O) groups excluding carboxylic acids is 3. The first kappa shape index (κ1) is 29.9. The summed E-state index contributed by atoms with van der Waals surface area (Å²) in [6.45, 7) is 8.16. The van der Waals surface area contributed by atoms with Crippen molar-refractivity contribution < 1.29 is 19.1 Å². The molecule has 4 aromatic rings. The zero-order valence-electron chi connectivity index (χ0n) is 24.7. The number of hydrogen-bond donors (Lipinski definition) is 2. The summed E-state index contributed by atoms with van der Waals surface area (Å²) in [6.07, 6.45) is 4.38. The van der Waals surface area contributed by atoms with Gasteiger partial charge in [0.2, 0.25) is 11.8 Å². The van der Waals surface area contributed by atoms with Gasteiger partial charge in [-0.25, -0.2) is 4.98 Å². The smallest absolute Gasteiger partial charge is 0.269 e. The number of likely N-dealkylation sites (N-methyl/N-ethyl adjacent to an activating group) is 1. The molecule has 2 aromatic heterocycles. The summed E-state index contributed by atoms with van der Waals surface area (Å²) in [5, 5.41) is 6.18. The van der Waals surface area contributed by atoms with Gasteiger partial charge in [0.1, 0.15) is 23.6 Å². The minimum atomic E-state index is -0.420. The van der Waals surface area contributed by atoms with Crippen LogP contribution in [0.1, 0.15) is 44.0 Å². The largest absolute Gasteiger partial charge is 0.487 e. The van der Waals surface area contributed by atoms with Crippen LogP contribution in [0.2, 0.25) is 0 Å². The molecule has 0 radical (unpaired) electrons. The molecular weight excluding hydrogens is 530 g/mol. The molecule has 9 heteroatoms. The van der Waals surface area contributed by atoms with E-state index in [0.717, 1.165) is 44.5 Å². The Labute approximate surface area is 245 Å². The van der Waals surface area contributed by atoms with E-state index in [1.165, 1.54) is 24.2 Å². The van der Waals surface area contributed by atoms with Crippen molar-refractivity contribution in [2.24, 2.45) is 0 Å². The average Bonchev–Trinajstić information content (AvgIpc) is 2.98. The number of aryl methyl sites for hydroxylation is 3. The molecule has 0 aliphatic rings. The van der Waals surface area contributed by atoms with Crippen LogP contribution in [-0.4, -0.2) is 48.3 Å². The molecular formula is C33H35N5O4. The van der Waals surface area contributed by atoms with E-state index in [-0.39, 0.29) is 24.1 Å². The molecule has 0 spiro atoms. The second-order valence-electron chi connectivity index (χ2n) is 10.1. The Hall–Kier alpha value is -5.05. The lowest BCUT2D eigenvalue weighted by Crippen LogP contribution is -2.38. The number of rotatable bonds is 9. The average molecular weight is 566 g/mol. The van der Waals surface area contributed by atoms with Gasteiger partial charge in [-0.2, -0.15) is 0 Å². The molecule has 0 unspecified atom stereocenters. The summed E-state index contributed by atoms with van der Waals surface area (Å²) in [5.41, 5.74) is 7.53. The number of amides is 3. The zero-order chi connectivity index (χ0) is 30.4. The number of nitrogens with one attached hydrogen (secondary N) is 2. The fourth-order valence-electron chi connectivity index (χ4n) is 4.70. The first-order valence-corrected chi connectivity index (χ1v) is 13.6. The monoisotopic (exact) mass is 565 g/mol. The van der Waals surface area contributed by atoms with E-state index in [0.29, 0.717) is 17.9 Å². The Morgan fingerprint density at radius 1 is 1.00 bits per heavy atom. The van der Waals surface area contributed by atoms with Gasteiger partial charge in [-0.1, -0.05) is 24.3 Å². The summed E-state index contributed by atoms with van der Waals surface area (Å²) in [4.78, 5) is 47.3. The topological polar surface area (TPSA) is 114 Å². The van der Waals surface area contributed by atoms with Gasteiger partial charge in [0, 0.05) is 43.1 Å². The van der Waals surface area contributed by atoms with Crippen LogP contribution in [-0.2, 0) is 16.2 Å². The molecule has 0 aliphatic heterocycles. The zero-order valence-corrected chi connectivity index (χ0v) is 24.7. The summed E-state index contributed by atoms with van der Waals surface area (Å²) in [6, 6.07) is 15.1. The van der Waals surface area contributed by atoms with Crippen molar-refractivity contribution in [1.82, 2.24) is 20.6 Å². The molecule has 0 atom stereocenters. The van der Waals surface area contributed by atoms with Crippen molar-refractivity contribution in [2.45, 2.75) is 34.3 Å². The number of hydrogen-bond acceptors (Lipinski definition) is 6. The van der Waals surface area contributed by atoms with E-state index in [1.54, 1.807) is 25.3 Å². The molecule has 9 nitrogen and oxygen atoms in total. The predicted molar refractivity (Wildman–Crippen MR) is 165 cm³/mol. The van der Waals surface area contributed by atoms with Crippen molar-refractivity contribution in [3.8, 4) is 5.75 Å². The molecule has 4 rings (SSSR count). The third-order valence-corrected chi connectivity index (χ3v) is 7.14. The summed E-state index contributed by atoms with van der Waals surface area (Å²) in [5.74, 6) is -0.268. The van der Waals surface area contributed by atoms with Crippen LogP contribution in [0.5, 0.6) is 5.75 Å². The van der Waals surface area contributed by atoms with Crippen molar-refractivity contribution in [3.05, 3.63) is 100 Å². The minimum absolute atomic E-state index is 0.174. The summed E-state index contributed by atoms with van der Waals surface area (Å²) < 4.78 is 6.28. The fourth-order valence-corrected chi connectivity index (χ4v) is 4.70. The van der Waals surface area contributed by atoms with E-state index >= 15 is 0 Å². The standard InChI is InChI=1S/C33H35N5O4/c1-20-10-14-28(23(4)26(20)19-42-29-9-7-8-25-21(2)16-22(3)37-32(25)29)38(6)31(40)18-36-30(39)15-12-24-11-13-27(35-17-24)33(41)34-5/h7-17H,18-19H2,1-6H3,(H,34,41)(H,36,39). The molecule has 0 saturated heterocycles. The summed E-state index contributed by atoms with van der Waals surface area (Å²) in [7, 11) is 3.22. The molecule has 2 aromatic carbocycles. The SMILES string of the molecule is CNC(=O)c1ccc(C=CC(=O)NCC(=O)N(C)c2ccc(C)c(COc3cccc4c(C)cc(C)nc34)c2C)cn1. The lowest BCUT2D eigenvalue weighted by atomic mass is 10.0. The lowest BCUT2D eigenvalue weighted by molar-refractivity contribution is -0.122. The van der Waals surface area contributed by atoms with Crippen LogP contribution in [0.25, 0.3) is 17.0 Å². The Balaban J connectivity index is 1.40. The Bertz CT molecular complexity index is 1680. The van der Waals surface area contributed by atoms with Gasteiger partial charge in [-0.3, -0.25) is 19.4 Å². The number of benzene rings is 2. The van der Waals surface area contributed by atoms with Gasteiger partial charge in [0.15, 0.2) is 0 Å². The molecule has 2 N–H and O–H groups in total. The van der Waals surface area contributed by atoms with E-state index in [4.69, 9.17) is 9.72 Å². The van der Waals surface area contributed by atoms with Crippen molar-refractivity contribution >= 4 is 40.4 Å². The summed E-state index contributed by atoms with van der Waals surface area (Å²) >= 11 is 0. The number of carbonyl (C=O) groups is 3. The second-order valence-corrected chi connectivity index (χ2v) is 10.1. The molecule has 0 saturated carbocycles. The molecule has 0 fully saturated rings. The maximum absolute atomic E-state index is 13.0. The van der Waals surface area contributed by atoms with E-state index in [2.05, 4.69) is 28.6 Å². The van der Waals surface area contributed by atoms with Crippen LogP contribution in [0.3, 0.4) is 0 Å². The van der Waals surface area contributed by atoms with Gasteiger partial charge in [-0.15, -0.1) is 0 Å². The van der Waals surface area contributed by atoms with Crippen LogP contribution >= 0.6 is 0 Å². The van der Waals surface area contributed by atoms with Gasteiger partial charge in [0.25, 0.3) is 5.91 Å². The fraction of sp³-hybridized carbons (Fsp3) is 0.242. The third-order valence-electron chi connectivity index (χ3n) is 7.14. The number of anilines is 1. The second kappa shape index (κ2) is 13.1. The van der Waals surface area contributed by atoms with Crippen LogP contribution in [0.4, 0.5) is 5.69 Å². The first-order valence-electron chi connectivity index (χ1n) is 13.6. The number of fused-ring (bicyclic) bond motifs is 1. The molecule has 2 heterocycles. The number of pyridine rings is 2. The molecule has 42 heavy (non-hydrogen) atoms. The van der Waals surface area contributed by atoms with Gasteiger partial charge < -0.3 is 20.3 Å². The van der Waals surface area contributed by atoms with Crippen molar-refractivity contribution in [1.29, 1.82) is 0 Å². The highest BCUT2D eigenvalue weighted by Crippen LogP contribution is 2.30. The highest BCUT2D eigenvalue weighted by Gasteiger charge is 2.17. The number of nitrogens with zero attached hydrogens (tertiary/aromatic N) is 3. The minimum Gasteiger partial charge on any atom is -0.487 e. The Morgan fingerprint density at radius 2 is 1.79 bits per heavy atom. The number of para-hydroxylation sites is 1. The van der Waals surface area contributed by atoms with Crippen LogP contribution < -0.4 is 20.3 Å². The van der Waals surface area contributed by atoms with Crippen LogP contribution in [0, 0.1) is 27.7 Å². The van der Waals surface area contributed by atoms with Gasteiger partial charge in [0.05, 0.1) is 6.54 Å². The van der Waals surface area contributed by atoms with E-state index in [9.17, 15) is 14.4 Å². The Morgan fingerprint density at radius 3 is 2.50 bits per heavy atom.